The molecule has 17 heavy (non-hydrogen) atoms. The summed E-state index contributed by atoms with van der Waals surface area (Å²) >= 11 is 0. The molecule has 0 radical (unpaired) electrons. The van der Waals surface area contributed by atoms with Crippen LogP contribution in [0.1, 0.15) is 31.0 Å². The molecule has 0 aromatic carbocycles. The summed E-state index contributed by atoms with van der Waals surface area (Å²) in [6.07, 6.45) is 1.74. The zero-order chi connectivity index (χ0) is 13.4. The first-order valence-electron chi connectivity index (χ1n) is 5.17. The zero-order valence-electron chi connectivity index (χ0n) is 10.5. The smallest absolute Gasteiger partial charge is 0.310 e. The van der Waals surface area contributed by atoms with Gasteiger partial charge >= 0.3 is 5.97 Å². The number of carboxylic acid groups (broad SMARTS) is 1. The van der Waals surface area contributed by atoms with E-state index in [1.165, 1.54) is 0 Å². The molecular formula is C10H17N5O2. The van der Waals surface area contributed by atoms with Crippen LogP contribution in [-0.2, 0) is 11.8 Å². The van der Waals surface area contributed by atoms with Crippen molar-refractivity contribution < 1.29 is 9.90 Å². The van der Waals surface area contributed by atoms with Crippen LogP contribution in [0.3, 0.4) is 0 Å². The highest BCUT2D eigenvalue weighted by Gasteiger charge is 2.17. The molecule has 0 spiro atoms. The molecule has 0 amide bonds. The van der Waals surface area contributed by atoms with Gasteiger partial charge < -0.3 is 5.11 Å². The molecule has 0 aliphatic rings. The molecule has 1 heterocycles. The molecule has 1 N–H and O–H groups in total. The predicted octanol–water partition coefficient (Wildman–Crippen LogP) is 2.23. The predicted molar refractivity (Wildman–Crippen MR) is 63.7 cm³/mol. The standard InChI is InChI=1S/C8H12N2O2.C2H5N3/c1-5(8(11)12)7-4-10(3)9-6(7)2;1-2-4-5-3/h4-5H,1-3H3,(H,11,12);2H2,1H3. The quantitative estimate of drug-likeness (QED) is 0.496. The number of azide groups is 1. The second kappa shape index (κ2) is 7.29. The summed E-state index contributed by atoms with van der Waals surface area (Å²) in [4.78, 5) is 13.1. The van der Waals surface area contributed by atoms with E-state index in [-0.39, 0.29) is 0 Å². The van der Waals surface area contributed by atoms with Crippen molar-refractivity contribution in [1.29, 1.82) is 0 Å². The van der Waals surface area contributed by atoms with Gasteiger partial charge in [0, 0.05) is 30.3 Å². The normalized spacial score (nSPS) is 10.8. The van der Waals surface area contributed by atoms with Crippen molar-refractivity contribution in [3.05, 3.63) is 27.9 Å². The van der Waals surface area contributed by atoms with Crippen molar-refractivity contribution in [3.8, 4) is 0 Å². The molecule has 0 saturated carbocycles. The second-order valence-electron chi connectivity index (χ2n) is 3.45. The van der Waals surface area contributed by atoms with E-state index in [1.54, 1.807) is 31.8 Å². The van der Waals surface area contributed by atoms with Gasteiger partial charge in [-0.1, -0.05) is 12.0 Å². The Morgan fingerprint density at radius 3 is 2.59 bits per heavy atom. The van der Waals surface area contributed by atoms with E-state index in [9.17, 15) is 4.79 Å². The highest BCUT2D eigenvalue weighted by molar-refractivity contribution is 5.75. The largest absolute Gasteiger partial charge is 0.481 e. The Balaban J connectivity index is 0.000000437. The van der Waals surface area contributed by atoms with Crippen LogP contribution in [0, 0.1) is 6.92 Å². The molecule has 0 aliphatic heterocycles. The number of nitrogens with zero attached hydrogens (tertiary/aromatic N) is 5. The lowest BCUT2D eigenvalue weighted by atomic mass is 10.0. The Bertz CT molecular complexity index is 420. The minimum absolute atomic E-state index is 0.473. The maximum absolute atomic E-state index is 10.6. The van der Waals surface area contributed by atoms with Crippen LogP contribution in [0.5, 0.6) is 0 Å². The molecular weight excluding hydrogens is 222 g/mol. The van der Waals surface area contributed by atoms with Gasteiger partial charge in [-0.3, -0.25) is 9.48 Å². The summed E-state index contributed by atoms with van der Waals surface area (Å²) in [5.41, 5.74) is 9.09. The first-order valence-corrected chi connectivity index (χ1v) is 5.17. The maximum atomic E-state index is 10.6. The van der Waals surface area contributed by atoms with Crippen LogP contribution in [0.4, 0.5) is 0 Å². The minimum atomic E-state index is -0.814. The summed E-state index contributed by atoms with van der Waals surface area (Å²) in [5.74, 6) is -1.29. The van der Waals surface area contributed by atoms with E-state index < -0.39 is 11.9 Å². The lowest BCUT2D eigenvalue weighted by Gasteiger charge is -2.02. The van der Waals surface area contributed by atoms with E-state index in [0.29, 0.717) is 6.54 Å². The molecule has 7 nitrogen and oxygen atoms in total. The Morgan fingerprint density at radius 1 is 1.76 bits per heavy atom. The molecule has 1 rings (SSSR count). The van der Waals surface area contributed by atoms with E-state index in [2.05, 4.69) is 15.1 Å². The average molecular weight is 239 g/mol. The van der Waals surface area contributed by atoms with Gasteiger partial charge in [0.2, 0.25) is 0 Å². The van der Waals surface area contributed by atoms with E-state index in [0.717, 1.165) is 11.3 Å². The summed E-state index contributed by atoms with van der Waals surface area (Å²) in [6, 6.07) is 0. The van der Waals surface area contributed by atoms with Crippen LogP contribution >= 0.6 is 0 Å². The van der Waals surface area contributed by atoms with E-state index in [1.807, 2.05) is 6.92 Å². The van der Waals surface area contributed by atoms with Gasteiger partial charge in [0.05, 0.1) is 11.6 Å². The molecule has 0 aliphatic carbocycles. The molecule has 1 aromatic rings. The maximum Gasteiger partial charge on any atom is 0.310 e. The van der Waals surface area contributed by atoms with Crippen LogP contribution in [0.25, 0.3) is 10.4 Å². The third-order valence-corrected chi connectivity index (χ3v) is 2.09. The molecule has 1 atom stereocenters. The van der Waals surface area contributed by atoms with Gasteiger partial charge in [0.15, 0.2) is 0 Å². The van der Waals surface area contributed by atoms with Crippen molar-refractivity contribution in [2.75, 3.05) is 6.54 Å². The SMILES string of the molecule is CCN=[N+]=[N-].Cc1nn(C)cc1C(C)C(=O)O. The van der Waals surface area contributed by atoms with Gasteiger partial charge in [-0.25, -0.2) is 0 Å². The number of rotatable bonds is 3. The molecule has 0 saturated heterocycles. The molecule has 0 fully saturated rings. The number of hydrogen-bond acceptors (Lipinski definition) is 3. The lowest BCUT2D eigenvalue weighted by Crippen LogP contribution is -2.07. The summed E-state index contributed by atoms with van der Waals surface area (Å²) in [7, 11) is 1.78. The number of carbonyl (C=O) groups is 1. The number of aliphatic carboxylic acids is 1. The van der Waals surface area contributed by atoms with Crippen LogP contribution < -0.4 is 0 Å². The molecule has 1 unspecified atom stereocenters. The van der Waals surface area contributed by atoms with Gasteiger partial charge in [0.25, 0.3) is 0 Å². The monoisotopic (exact) mass is 239 g/mol. The third-order valence-electron chi connectivity index (χ3n) is 2.09. The van der Waals surface area contributed by atoms with Crippen molar-refractivity contribution in [3.63, 3.8) is 0 Å². The highest BCUT2D eigenvalue weighted by Crippen LogP contribution is 2.17. The lowest BCUT2D eigenvalue weighted by molar-refractivity contribution is -0.138. The molecule has 7 heteroatoms. The Labute approximate surface area is 99.7 Å². The molecule has 0 bridgehead atoms. The highest BCUT2D eigenvalue weighted by atomic mass is 16.4. The van der Waals surface area contributed by atoms with Crippen molar-refractivity contribution in [2.24, 2.45) is 12.2 Å². The van der Waals surface area contributed by atoms with Gasteiger partial charge in [0.1, 0.15) is 0 Å². The fourth-order valence-electron chi connectivity index (χ4n) is 1.24. The first kappa shape index (κ1) is 15.0. The van der Waals surface area contributed by atoms with Crippen LogP contribution in [0.2, 0.25) is 0 Å². The van der Waals surface area contributed by atoms with E-state index >= 15 is 0 Å². The Hall–Kier alpha value is -2.01. The van der Waals surface area contributed by atoms with Crippen LogP contribution in [0.15, 0.2) is 11.3 Å². The summed E-state index contributed by atoms with van der Waals surface area (Å²) < 4.78 is 1.63. The van der Waals surface area contributed by atoms with Gasteiger partial charge in [-0.15, -0.1) is 0 Å². The second-order valence-corrected chi connectivity index (χ2v) is 3.45. The number of hydrogen-bond donors (Lipinski definition) is 1. The topological polar surface area (TPSA) is 104 Å². The van der Waals surface area contributed by atoms with Crippen molar-refractivity contribution in [1.82, 2.24) is 9.78 Å². The molecule has 1 aromatic heterocycles. The summed E-state index contributed by atoms with van der Waals surface area (Å²) in [5, 5.41) is 16.0. The Morgan fingerprint density at radius 2 is 2.35 bits per heavy atom. The van der Waals surface area contributed by atoms with Gasteiger partial charge in [-0.2, -0.15) is 5.10 Å². The Kier molecular flexibility index (Phi) is 6.43. The summed E-state index contributed by atoms with van der Waals surface area (Å²) in [6.45, 7) is 5.82. The zero-order valence-corrected chi connectivity index (χ0v) is 10.5. The van der Waals surface area contributed by atoms with Crippen molar-refractivity contribution in [2.45, 2.75) is 26.7 Å². The number of aromatic nitrogens is 2. The number of aryl methyl sites for hydroxylation is 2. The molecule has 94 valence electrons. The first-order chi connectivity index (χ1) is 7.93. The fraction of sp³-hybridized carbons (Fsp3) is 0.600. The van der Waals surface area contributed by atoms with Crippen LogP contribution in [-0.4, -0.2) is 27.4 Å². The van der Waals surface area contributed by atoms with Crippen molar-refractivity contribution >= 4 is 5.97 Å². The minimum Gasteiger partial charge on any atom is -0.481 e. The number of carboxylic acids is 1. The van der Waals surface area contributed by atoms with Gasteiger partial charge in [-0.05, 0) is 19.4 Å². The van der Waals surface area contributed by atoms with E-state index in [4.69, 9.17) is 10.6 Å². The average Bonchev–Trinajstić information content (AvgIpc) is 2.58. The fourth-order valence-corrected chi connectivity index (χ4v) is 1.24. The third kappa shape index (κ3) is 5.03.